The molecule has 1 spiro atoms. The van der Waals surface area contributed by atoms with Gasteiger partial charge in [-0.2, -0.15) is 0 Å². The van der Waals surface area contributed by atoms with Crippen molar-refractivity contribution in [3.05, 3.63) is 45.2 Å². The number of aryl methyl sites for hydroxylation is 1. The Bertz CT molecular complexity index is 852. The smallest absolute Gasteiger partial charge is 0.161 e. The molecule has 1 heterocycles. The number of hydrogen-bond acceptors (Lipinski definition) is 5. The summed E-state index contributed by atoms with van der Waals surface area (Å²) < 4.78 is 1.04. The predicted octanol–water partition coefficient (Wildman–Crippen LogP) is 5.08. The van der Waals surface area contributed by atoms with Crippen LogP contribution in [0.4, 0.5) is 0 Å². The van der Waals surface area contributed by atoms with Gasteiger partial charge in [0.05, 0.1) is 5.41 Å². The molecule has 1 saturated heterocycles. The van der Waals surface area contributed by atoms with E-state index >= 15 is 0 Å². The topological polar surface area (TPSA) is 51.2 Å². The highest BCUT2D eigenvalue weighted by molar-refractivity contribution is 8.25. The Morgan fingerprint density at radius 3 is 2.04 bits per heavy atom. The van der Waals surface area contributed by atoms with Crippen LogP contribution < -0.4 is 0 Å². The van der Waals surface area contributed by atoms with Crippen molar-refractivity contribution < 1.29 is 14.4 Å². The number of Topliss-reactive ketones (excluding diaryl/α,β-unsaturated/α-hetero) is 3. The summed E-state index contributed by atoms with van der Waals surface area (Å²) in [6.45, 7) is 6.00. The Hall–Kier alpha value is -1.33. The van der Waals surface area contributed by atoms with Crippen LogP contribution in [0.1, 0.15) is 56.6 Å². The monoisotopic (exact) mass is 414 g/mol. The second-order valence-electron chi connectivity index (χ2n) is 9.07. The molecule has 0 bridgehead atoms. The van der Waals surface area contributed by atoms with Crippen LogP contribution in [-0.4, -0.2) is 28.9 Å². The maximum Gasteiger partial charge on any atom is 0.161 e. The van der Waals surface area contributed by atoms with Crippen molar-refractivity contribution >= 4 is 40.9 Å². The summed E-state index contributed by atoms with van der Waals surface area (Å²) in [4.78, 5) is 40.2. The molecule has 5 heteroatoms. The number of carbonyl (C=O) groups is 3. The highest BCUT2D eigenvalue weighted by atomic mass is 32.2. The van der Waals surface area contributed by atoms with Crippen LogP contribution in [0.15, 0.2) is 34.1 Å². The van der Waals surface area contributed by atoms with E-state index < -0.39 is 5.41 Å². The number of hydrogen-bond donors (Lipinski definition) is 0. The zero-order valence-electron chi connectivity index (χ0n) is 16.7. The van der Waals surface area contributed by atoms with Crippen molar-refractivity contribution in [1.29, 1.82) is 0 Å². The highest BCUT2D eigenvalue weighted by Gasteiger charge is 2.59. The van der Waals surface area contributed by atoms with Crippen molar-refractivity contribution in [3.63, 3.8) is 0 Å². The number of rotatable bonds is 1. The first kappa shape index (κ1) is 20.0. The molecule has 28 heavy (non-hydrogen) atoms. The van der Waals surface area contributed by atoms with Crippen molar-refractivity contribution in [1.82, 2.24) is 0 Å². The van der Waals surface area contributed by atoms with Gasteiger partial charge in [0.2, 0.25) is 0 Å². The number of ketones is 3. The molecule has 3 aliphatic rings. The molecular weight excluding hydrogens is 388 g/mol. The van der Waals surface area contributed by atoms with Crippen LogP contribution in [0.2, 0.25) is 0 Å². The van der Waals surface area contributed by atoms with Crippen LogP contribution in [-0.2, 0) is 14.4 Å². The largest absolute Gasteiger partial charge is 0.299 e. The molecule has 3 nitrogen and oxygen atoms in total. The van der Waals surface area contributed by atoms with Gasteiger partial charge in [-0.25, -0.2) is 0 Å². The van der Waals surface area contributed by atoms with Crippen molar-refractivity contribution in [2.24, 2.45) is 10.8 Å². The number of thioether (sulfide) groups is 2. The van der Waals surface area contributed by atoms with E-state index in [4.69, 9.17) is 0 Å². The number of benzene rings is 1. The van der Waals surface area contributed by atoms with E-state index in [1.54, 1.807) is 23.5 Å². The molecule has 4 rings (SSSR count). The molecule has 1 unspecified atom stereocenters. The number of allylic oxidation sites excluding steroid dienone is 1. The Kier molecular flexibility index (Phi) is 5.11. The van der Waals surface area contributed by atoms with E-state index in [1.807, 2.05) is 45.0 Å². The van der Waals surface area contributed by atoms with Gasteiger partial charge in [-0.15, -0.1) is 23.5 Å². The summed E-state index contributed by atoms with van der Waals surface area (Å²) in [6.07, 6.45) is 1.34. The molecule has 2 saturated carbocycles. The van der Waals surface area contributed by atoms with Gasteiger partial charge < -0.3 is 0 Å². The van der Waals surface area contributed by atoms with Gasteiger partial charge in [0.25, 0.3) is 0 Å². The minimum atomic E-state index is -1.08. The number of carbonyl (C=O) groups excluding carboxylic acids is 3. The molecule has 1 aliphatic heterocycles. The fourth-order valence-corrected chi connectivity index (χ4v) is 7.44. The van der Waals surface area contributed by atoms with Crippen molar-refractivity contribution in [2.45, 2.75) is 52.4 Å². The molecule has 0 aromatic heterocycles. The lowest BCUT2D eigenvalue weighted by Gasteiger charge is -2.48. The van der Waals surface area contributed by atoms with Crippen LogP contribution in [0.25, 0.3) is 0 Å². The van der Waals surface area contributed by atoms with Gasteiger partial charge >= 0.3 is 0 Å². The van der Waals surface area contributed by atoms with Crippen LogP contribution >= 0.6 is 23.5 Å². The zero-order valence-corrected chi connectivity index (χ0v) is 18.3. The lowest BCUT2D eigenvalue weighted by Crippen LogP contribution is -2.54. The third-order valence-corrected chi connectivity index (χ3v) is 9.12. The Labute approximate surface area is 175 Å². The summed E-state index contributed by atoms with van der Waals surface area (Å²) in [5, 5.41) is 0. The lowest BCUT2D eigenvalue weighted by atomic mass is 9.52. The molecule has 3 fully saturated rings. The van der Waals surface area contributed by atoms with Crippen LogP contribution in [0.5, 0.6) is 0 Å². The van der Waals surface area contributed by atoms with E-state index in [0.717, 1.165) is 32.4 Å². The van der Waals surface area contributed by atoms with Crippen LogP contribution in [0.3, 0.4) is 0 Å². The van der Waals surface area contributed by atoms with Gasteiger partial charge in [-0.3, -0.25) is 14.4 Å². The van der Waals surface area contributed by atoms with Gasteiger partial charge in [-0.05, 0) is 24.3 Å². The first-order valence-electron chi connectivity index (χ1n) is 9.88. The Balaban J connectivity index is 1.84. The fraction of sp³-hybridized carbons (Fsp3) is 0.522. The minimum absolute atomic E-state index is 0.0259. The normalized spacial score (nSPS) is 27.0. The zero-order chi connectivity index (χ0) is 20.1. The summed E-state index contributed by atoms with van der Waals surface area (Å²) in [5.41, 5.74) is 1.42. The molecule has 2 aliphatic carbocycles. The maximum atomic E-state index is 13.5. The molecule has 0 N–H and O–H groups in total. The Morgan fingerprint density at radius 2 is 1.46 bits per heavy atom. The van der Waals surface area contributed by atoms with Gasteiger partial charge in [0, 0.05) is 46.5 Å². The van der Waals surface area contributed by atoms with E-state index in [0.29, 0.717) is 12.8 Å². The summed E-state index contributed by atoms with van der Waals surface area (Å²) in [6, 6.07) is 8.00. The average Bonchev–Trinajstić information content (AvgIpc) is 3.14. The summed E-state index contributed by atoms with van der Waals surface area (Å²) >= 11 is 3.40. The van der Waals surface area contributed by atoms with Crippen LogP contribution in [0, 0.1) is 17.8 Å². The quantitative estimate of drug-likeness (QED) is 0.474. The minimum Gasteiger partial charge on any atom is -0.299 e. The molecule has 1 aromatic carbocycles. The molecule has 1 aromatic rings. The fourth-order valence-electron chi connectivity index (χ4n) is 4.84. The third-order valence-electron chi connectivity index (χ3n) is 6.33. The molecule has 0 amide bonds. The standard InChI is InChI=1S/C23H26O3S2/c1-14-4-6-15(7-5-14)17-10-18(24)16(21-27-8-9-28-21)11-23(17)19(25)12-22(2,3)13-20(23)26/h4-7,17H,8-13H2,1-3H3. The summed E-state index contributed by atoms with van der Waals surface area (Å²) in [7, 11) is 0. The first-order chi connectivity index (χ1) is 13.2. The average molecular weight is 415 g/mol. The molecule has 1 atom stereocenters. The highest BCUT2D eigenvalue weighted by Crippen LogP contribution is 2.57. The van der Waals surface area contributed by atoms with Crippen molar-refractivity contribution in [2.75, 3.05) is 11.5 Å². The SMILES string of the molecule is Cc1ccc(C2CC(=O)C(=C3SCCS3)CC23C(=O)CC(C)(C)CC3=O)cc1. The molecule has 0 radical (unpaired) electrons. The van der Waals surface area contributed by atoms with Gasteiger partial charge in [0.1, 0.15) is 11.6 Å². The summed E-state index contributed by atoms with van der Waals surface area (Å²) in [5.74, 6) is 1.78. The van der Waals surface area contributed by atoms with E-state index in [1.165, 1.54) is 0 Å². The Morgan fingerprint density at radius 1 is 0.893 bits per heavy atom. The van der Waals surface area contributed by atoms with E-state index in [-0.39, 0.29) is 41.5 Å². The van der Waals surface area contributed by atoms with Gasteiger partial charge in [-0.1, -0.05) is 43.7 Å². The predicted molar refractivity (Wildman–Crippen MR) is 116 cm³/mol. The molecular formula is C23H26O3S2. The first-order valence-corrected chi connectivity index (χ1v) is 11.9. The van der Waals surface area contributed by atoms with Gasteiger partial charge in [0.15, 0.2) is 5.78 Å². The second kappa shape index (κ2) is 7.17. The molecule has 148 valence electrons. The van der Waals surface area contributed by atoms with E-state index in [9.17, 15) is 14.4 Å². The van der Waals surface area contributed by atoms with E-state index in [2.05, 4.69) is 0 Å². The third kappa shape index (κ3) is 3.30. The maximum absolute atomic E-state index is 13.5. The second-order valence-corrected chi connectivity index (χ2v) is 11.5. The van der Waals surface area contributed by atoms with Crippen molar-refractivity contribution in [3.8, 4) is 0 Å². The lowest BCUT2D eigenvalue weighted by molar-refractivity contribution is -0.151.